The Kier molecular flexibility index (Phi) is 3.41. The summed E-state index contributed by atoms with van der Waals surface area (Å²) in [6.45, 7) is 3.20. The number of hydrogen-bond acceptors (Lipinski definition) is 3. The van der Waals surface area contributed by atoms with Crippen LogP contribution in [0.3, 0.4) is 0 Å². The van der Waals surface area contributed by atoms with Crippen LogP contribution in [-0.4, -0.2) is 25.2 Å². The van der Waals surface area contributed by atoms with Crippen LogP contribution in [0.15, 0.2) is 11.6 Å². The molecule has 1 heterocycles. The number of carbonyl (C=O) groups excluding carboxylic acids is 1. The molecule has 0 amide bonds. The van der Waals surface area contributed by atoms with E-state index in [1.54, 1.807) is 0 Å². The Bertz CT molecular complexity index is 273. The van der Waals surface area contributed by atoms with Crippen LogP contribution in [-0.2, 0) is 9.53 Å². The number of piperidine rings is 1. The van der Waals surface area contributed by atoms with Crippen molar-refractivity contribution >= 4 is 5.97 Å². The Morgan fingerprint density at radius 3 is 3.33 bits per heavy atom. The van der Waals surface area contributed by atoms with Gasteiger partial charge >= 0.3 is 5.97 Å². The zero-order valence-electron chi connectivity index (χ0n) is 9.29. The number of nitrogens with one attached hydrogen (secondary N) is 1. The monoisotopic (exact) mass is 209 g/mol. The van der Waals surface area contributed by atoms with Gasteiger partial charge in [0.25, 0.3) is 0 Å². The van der Waals surface area contributed by atoms with E-state index in [1.807, 2.05) is 6.92 Å². The molecule has 0 aromatic heterocycles. The molecule has 3 nitrogen and oxygen atoms in total. The van der Waals surface area contributed by atoms with Gasteiger partial charge in [-0.25, -0.2) is 0 Å². The number of hydrogen-bond donors (Lipinski definition) is 1. The molecule has 0 aromatic rings. The van der Waals surface area contributed by atoms with Gasteiger partial charge in [0.05, 0.1) is 6.61 Å². The Balaban J connectivity index is 1.94. The third kappa shape index (κ3) is 2.40. The highest BCUT2D eigenvalue weighted by atomic mass is 16.5. The molecule has 0 saturated carbocycles. The lowest BCUT2D eigenvalue weighted by atomic mass is 9.80. The van der Waals surface area contributed by atoms with Crippen molar-refractivity contribution in [3.63, 3.8) is 0 Å². The molecular weight excluding hydrogens is 190 g/mol. The van der Waals surface area contributed by atoms with Crippen molar-refractivity contribution in [2.75, 3.05) is 13.2 Å². The van der Waals surface area contributed by atoms with Crippen molar-refractivity contribution in [2.24, 2.45) is 5.92 Å². The first-order chi connectivity index (χ1) is 7.31. The lowest BCUT2D eigenvalue weighted by Crippen LogP contribution is -2.46. The maximum atomic E-state index is 11.6. The lowest BCUT2D eigenvalue weighted by Gasteiger charge is -2.33. The molecule has 1 aliphatic heterocycles. The maximum Gasteiger partial charge on any atom is 0.323 e. The van der Waals surface area contributed by atoms with Crippen LogP contribution in [0.1, 0.15) is 32.6 Å². The van der Waals surface area contributed by atoms with E-state index in [0.29, 0.717) is 12.5 Å². The minimum atomic E-state index is -0.0814. The number of ether oxygens (including phenoxy) is 1. The van der Waals surface area contributed by atoms with Crippen molar-refractivity contribution in [3.05, 3.63) is 11.6 Å². The van der Waals surface area contributed by atoms with Crippen LogP contribution in [0.5, 0.6) is 0 Å². The Labute approximate surface area is 90.9 Å². The van der Waals surface area contributed by atoms with Crippen LogP contribution >= 0.6 is 0 Å². The topological polar surface area (TPSA) is 38.3 Å². The molecule has 0 bridgehead atoms. The summed E-state index contributed by atoms with van der Waals surface area (Å²) in [6.07, 6.45) is 6.97. The molecule has 2 atom stereocenters. The van der Waals surface area contributed by atoms with Crippen LogP contribution in [0, 0.1) is 5.92 Å². The molecule has 2 rings (SSSR count). The van der Waals surface area contributed by atoms with Gasteiger partial charge in [0.1, 0.15) is 6.04 Å². The quantitative estimate of drug-likeness (QED) is 0.555. The van der Waals surface area contributed by atoms with E-state index < -0.39 is 0 Å². The molecule has 1 N–H and O–H groups in total. The molecule has 1 aliphatic carbocycles. The van der Waals surface area contributed by atoms with Gasteiger partial charge in [-0.15, -0.1) is 0 Å². The van der Waals surface area contributed by atoms with Gasteiger partial charge in [-0.1, -0.05) is 11.6 Å². The number of carbonyl (C=O) groups is 1. The standard InChI is InChI=1S/C12H19NO2/c1-2-15-12(14)11-7-9-5-3-4-6-10(9)8-13-11/h6,9,11,13H,2-5,7-8H2,1H3. The van der Waals surface area contributed by atoms with E-state index in [9.17, 15) is 4.79 Å². The predicted molar refractivity (Wildman–Crippen MR) is 58.5 cm³/mol. The zero-order chi connectivity index (χ0) is 10.7. The Hall–Kier alpha value is -0.830. The molecular formula is C12H19NO2. The molecule has 0 aromatic carbocycles. The highest BCUT2D eigenvalue weighted by Crippen LogP contribution is 2.31. The van der Waals surface area contributed by atoms with Crippen LogP contribution < -0.4 is 5.32 Å². The number of fused-ring (bicyclic) bond motifs is 1. The fraction of sp³-hybridized carbons (Fsp3) is 0.750. The fourth-order valence-electron chi connectivity index (χ4n) is 2.52. The largest absolute Gasteiger partial charge is 0.465 e. The Morgan fingerprint density at radius 1 is 1.67 bits per heavy atom. The van der Waals surface area contributed by atoms with E-state index in [4.69, 9.17) is 4.74 Å². The van der Waals surface area contributed by atoms with Gasteiger partial charge in [0.2, 0.25) is 0 Å². The van der Waals surface area contributed by atoms with Crippen LogP contribution in [0.25, 0.3) is 0 Å². The maximum absolute atomic E-state index is 11.6. The van der Waals surface area contributed by atoms with E-state index in [1.165, 1.54) is 24.8 Å². The molecule has 2 aliphatic rings. The van der Waals surface area contributed by atoms with E-state index in [-0.39, 0.29) is 12.0 Å². The highest BCUT2D eigenvalue weighted by Gasteiger charge is 2.31. The van der Waals surface area contributed by atoms with Crippen molar-refractivity contribution < 1.29 is 9.53 Å². The smallest absolute Gasteiger partial charge is 0.323 e. The van der Waals surface area contributed by atoms with Crippen molar-refractivity contribution in [1.82, 2.24) is 5.32 Å². The fourth-order valence-corrected chi connectivity index (χ4v) is 2.52. The molecule has 15 heavy (non-hydrogen) atoms. The summed E-state index contributed by atoms with van der Waals surface area (Å²) in [6, 6.07) is -0.0785. The van der Waals surface area contributed by atoms with Crippen molar-refractivity contribution in [3.8, 4) is 0 Å². The predicted octanol–water partition coefficient (Wildman–Crippen LogP) is 1.64. The highest BCUT2D eigenvalue weighted by molar-refractivity contribution is 5.76. The first-order valence-corrected chi connectivity index (χ1v) is 5.90. The molecule has 0 spiro atoms. The minimum absolute atomic E-state index is 0.0785. The average Bonchev–Trinajstić information content (AvgIpc) is 2.29. The first-order valence-electron chi connectivity index (χ1n) is 5.90. The Morgan fingerprint density at radius 2 is 2.53 bits per heavy atom. The molecule has 1 saturated heterocycles. The number of allylic oxidation sites excluding steroid dienone is 1. The second-order valence-corrected chi connectivity index (χ2v) is 4.33. The second kappa shape index (κ2) is 4.79. The summed E-state index contributed by atoms with van der Waals surface area (Å²) in [7, 11) is 0. The molecule has 0 radical (unpaired) electrons. The zero-order valence-corrected chi connectivity index (χ0v) is 9.29. The van der Waals surface area contributed by atoms with Crippen LogP contribution in [0.4, 0.5) is 0 Å². The normalized spacial score (nSPS) is 30.3. The van der Waals surface area contributed by atoms with Crippen LogP contribution in [0.2, 0.25) is 0 Å². The van der Waals surface area contributed by atoms with Gasteiger partial charge in [-0.2, -0.15) is 0 Å². The van der Waals surface area contributed by atoms with Gasteiger partial charge < -0.3 is 10.1 Å². The van der Waals surface area contributed by atoms with Crippen molar-refractivity contribution in [2.45, 2.75) is 38.6 Å². The summed E-state index contributed by atoms with van der Waals surface area (Å²) >= 11 is 0. The second-order valence-electron chi connectivity index (χ2n) is 4.33. The SMILES string of the molecule is CCOC(=O)C1CC2CCCC=C2CN1. The lowest BCUT2D eigenvalue weighted by molar-refractivity contribution is -0.146. The first kappa shape index (κ1) is 10.7. The van der Waals surface area contributed by atoms with E-state index in [2.05, 4.69) is 11.4 Å². The summed E-state index contributed by atoms with van der Waals surface area (Å²) in [5.74, 6) is 0.538. The molecule has 84 valence electrons. The van der Waals surface area contributed by atoms with E-state index in [0.717, 1.165) is 13.0 Å². The average molecular weight is 209 g/mol. The molecule has 2 unspecified atom stereocenters. The number of esters is 1. The summed E-state index contributed by atoms with van der Waals surface area (Å²) < 4.78 is 5.04. The third-order valence-electron chi connectivity index (χ3n) is 3.33. The minimum Gasteiger partial charge on any atom is -0.465 e. The van der Waals surface area contributed by atoms with E-state index >= 15 is 0 Å². The number of rotatable bonds is 2. The van der Waals surface area contributed by atoms with Gasteiger partial charge in [-0.3, -0.25) is 4.79 Å². The van der Waals surface area contributed by atoms with Gasteiger partial charge in [0.15, 0.2) is 0 Å². The summed E-state index contributed by atoms with van der Waals surface area (Å²) in [5, 5.41) is 3.26. The van der Waals surface area contributed by atoms with Crippen molar-refractivity contribution in [1.29, 1.82) is 0 Å². The molecule has 3 heteroatoms. The van der Waals surface area contributed by atoms with Gasteiger partial charge in [0, 0.05) is 6.54 Å². The molecule has 1 fully saturated rings. The summed E-state index contributed by atoms with van der Waals surface area (Å²) in [5.41, 5.74) is 1.50. The third-order valence-corrected chi connectivity index (χ3v) is 3.33. The summed E-state index contributed by atoms with van der Waals surface area (Å²) in [4.78, 5) is 11.6. The van der Waals surface area contributed by atoms with Gasteiger partial charge in [-0.05, 0) is 38.5 Å².